The molecule has 1 aromatic rings. The highest BCUT2D eigenvalue weighted by atomic mass is 127. The number of hydrogen-bond donors (Lipinski definition) is 2. The van der Waals surface area contributed by atoms with E-state index in [4.69, 9.17) is 5.73 Å². The molecular weight excluding hydrogens is 303 g/mol. The summed E-state index contributed by atoms with van der Waals surface area (Å²) in [5, 5.41) is 3.12. The predicted octanol–water partition coefficient (Wildman–Crippen LogP) is 1.60. The molecule has 0 saturated carbocycles. The summed E-state index contributed by atoms with van der Waals surface area (Å²) < 4.78 is 1.14. The summed E-state index contributed by atoms with van der Waals surface area (Å²) in [6.07, 6.45) is 0. The van der Waals surface area contributed by atoms with Gasteiger partial charge in [-0.1, -0.05) is 19.1 Å². The summed E-state index contributed by atoms with van der Waals surface area (Å²) >= 11 is 2.23. The first kappa shape index (κ1) is 12.4. The Morgan fingerprint density at radius 3 is 2.40 bits per heavy atom. The molecule has 82 valence electrons. The van der Waals surface area contributed by atoms with Gasteiger partial charge < -0.3 is 11.1 Å². The fourth-order valence-corrected chi connectivity index (χ4v) is 1.83. The quantitative estimate of drug-likeness (QED) is 0.829. The van der Waals surface area contributed by atoms with Gasteiger partial charge in [-0.2, -0.15) is 0 Å². The minimum absolute atomic E-state index is 0.356. The van der Waals surface area contributed by atoms with Gasteiger partial charge in [0.05, 0.1) is 0 Å². The van der Waals surface area contributed by atoms with Crippen molar-refractivity contribution >= 4 is 28.5 Å². The van der Waals surface area contributed by atoms with Gasteiger partial charge in [0, 0.05) is 3.57 Å². The van der Waals surface area contributed by atoms with Crippen molar-refractivity contribution in [3.8, 4) is 0 Å². The number of halogens is 1. The zero-order valence-corrected chi connectivity index (χ0v) is 11.0. The van der Waals surface area contributed by atoms with Gasteiger partial charge in [-0.25, -0.2) is 0 Å². The number of rotatable bonds is 4. The smallest absolute Gasteiger partial charge is 0.242 e. The van der Waals surface area contributed by atoms with E-state index in [0.29, 0.717) is 6.54 Å². The standard InChI is InChI=1S/C11H15IN2O/c1-3-14-11(2,10(13)15)8-4-6-9(12)7-5-8/h4-7,14H,3H2,1-2H3,(H2,13,15). The third-order valence-electron chi connectivity index (χ3n) is 2.44. The predicted molar refractivity (Wildman–Crippen MR) is 69.4 cm³/mol. The minimum atomic E-state index is -0.779. The number of carbonyl (C=O) groups is 1. The van der Waals surface area contributed by atoms with Crippen LogP contribution in [0, 0.1) is 3.57 Å². The maximum Gasteiger partial charge on any atom is 0.242 e. The van der Waals surface area contributed by atoms with Crippen molar-refractivity contribution in [3.63, 3.8) is 0 Å². The number of benzene rings is 1. The second kappa shape index (κ2) is 4.94. The third-order valence-corrected chi connectivity index (χ3v) is 3.16. The molecule has 4 heteroatoms. The second-order valence-electron chi connectivity index (χ2n) is 3.53. The van der Waals surface area contributed by atoms with E-state index in [1.54, 1.807) is 6.92 Å². The lowest BCUT2D eigenvalue weighted by molar-refractivity contribution is -0.124. The van der Waals surface area contributed by atoms with Crippen LogP contribution in [0.15, 0.2) is 24.3 Å². The van der Waals surface area contributed by atoms with Crippen LogP contribution >= 0.6 is 22.6 Å². The molecule has 1 rings (SSSR count). The van der Waals surface area contributed by atoms with E-state index >= 15 is 0 Å². The van der Waals surface area contributed by atoms with E-state index in [1.165, 1.54) is 0 Å². The highest BCUT2D eigenvalue weighted by molar-refractivity contribution is 14.1. The Hall–Kier alpha value is -0.620. The molecule has 0 aliphatic carbocycles. The molecule has 0 aliphatic heterocycles. The van der Waals surface area contributed by atoms with Gasteiger partial charge in [-0.05, 0) is 53.8 Å². The summed E-state index contributed by atoms with van der Waals surface area (Å²) in [6.45, 7) is 4.46. The van der Waals surface area contributed by atoms with E-state index in [0.717, 1.165) is 9.13 Å². The number of carbonyl (C=O) groups excluding carboxylic acids is 1. The second-order valence-corrected chi connectivity index (χ2v) is 4.77. The zero-order valence-electron chi connectivity index (χ0n) is 8.88. The summed E-state index contributed by atoms with van der Waals surface area (Å²) in [5.74, 6) is -0.356. The van der Waals surface area contributed by atoms with Crippen LogP contribution in [0.5, 0.6) is 0 Å². The van der Waals surface area contributed by atoms with E-state index in [9.17, 15) is 4.79 Å². The summed E-state index contributed by atoms with van der Waals surface area (Å²) in [5.41, 5.74) is 5.55. The molecule has 0 aromatic heterocycles. The molecule has 0 aliphatic rings. The molecule has 0 fully saturated rings. The molecule has 0 radical (unpaired) electrons. The fraction of sp³-hybridized carbons (Fsp3) is 0.364. The number of likely N-dealkylation sites (N-methyl/N-ethyl adjacent to an activating group) is 1. The molecule has 1 unspecified atom stereocenters. The molecule has 15 heavy (non-hydrogen) atoms. The Labute approximate surface area is 104 Å². The molecule has 3 nitrogen and oxygen atoms in total. The lowest BCUT2D eigenvalue weighted by Crippen LogP contribution is -2.50. The molecule has 1 aromatic carbocycles. The molecular formula is C11H15IN2O. The molecule has 1 atom stereocenters. The van der Waals surface area contributed by atoms with Gasteiger partial charge >= 0.3 is 0 Å². The Bertz CT molecular complexity index is 350. The van der Waals surface area contributed by atoms with Gasteiger partial charge in [0.1, 0.15) is 5.54 Å². The van der Waals surface area contributed by atoms with Crippen molar-refractivity contribution < 1.29 is 4.79 Å². The average Bonchev–Trinajstić information content (AvgIpc) is 2.18. The van der Waals surface area contributed by atoms with Crippen LogP contribution in [0.25, 0.3) is 0 Å². The van der Waals surface area contributed by atoms with Crippen molar-refractivity contribution in [2.24, 2.45) is 5.73 Å². The summed E-state index contributed by atoms with van der Waals surface area (Å²) in [7, 11) is 0. The van der Waals surface area contributed by atoms with E-state index < -0.39 is 5.54 Å². The van der Waals surface area contributed by atoms with Crippen LogP contribution in [0.4, 0.5) is 0 Å². The van der Waals surface area contributed by atoms with Crippen molar-refractivity contribution in [1.29, 1.82) is 0 Å². The average molecular weight is 318 g/mol. The molecule has 3 N–H and O–H groups in total. The molecule has 0 spiro atoms. The number of nitrogens with two attached hydrogens (primary N) is 1. The van der Waals surface area contributed by atoms with E-state index in [-0.39, 0.29) is 5.91 Å². The van der Waals surface area contributed by atoms with Gasteiger partial charge in [0.2, 0.25) is 5.91 Å². The maximum atomic E-state index is 11.5. The first-order chi connectivity index (χ1) is 7.00. The van der Waals surface area contributed by atoms with Gasteiger partial charge in [0.15, 0.2) is 0 Å². The first-order valence-corrected chi connectivity index (χ1v) is 5.89. The highest BCUT2D eigenvalue weighted by Crippen LogP contribution is 2.21. The third kappa shape index (κ3) is 2.69. The normalized spacial score (nSPS) is 14.6. The van der Waals surface area contributed by atoms with Gasteiger partial charge in [0.25, 0.3) is 0 Å². The largest absolute Gasteiger partial charge is 0.368 e. The number of amides is 1. The topological polar surface area (TPSA) is 55.1 Å². The Balaban J connectivity index is 3.09. The van der Waals surface area contributed by atoms with E-state index in [1.807, 2.05) is 31.2 Å². The molecule has 0 bridgehead atoms. The lowest BCUT2D eigenvalue weighted by atomic mass is 9.91. The summed E-state index contributed by atoms with van der Waals surface area (Å²) in [6, 6.07) is 7.78. The molecule has 0 saturated heterocycles. The van der Waals surface area contributed by atoms with Crippen LogP contribution in [0.1, 0.15) is 19.4 Å². The van der Waals surface area contributed by atoms with Crippen LogP contribution in [-0.4, -0.2) is 12.5 Å². The zero-order chi connectivity index (χ0) is 11.5. The Kier molecular flexibility index (Phi) is 4.10. The lowest BCUT2D eigenvalue weighted by Gasteiger charge is -2.27. The van der Waals surface area contributed by atoms with Crippen molar-refractivity contribution in [2.75, 3.05) is 6.54 Å². The monoisotopic (exact) mass is 318 g/mol. The van der Waals surface area contributed by atoms with Crippen LogP contribution < -0.4 is 11.1 Å². The highest BCUT2D eigenvalue weighted by Gasteiger charge is 2.31. The minimum Gasteiger partial charge on any atom is -0.368 e. The molecule has 0 heterocycles. The SMILES string of the molecule is CCNC(C)(C(N)=O)c1ccc(I)cc1. The van der Waals surface area contributed by atoms with Crippen molar-refractivity contribution in [1.82, 2.24) is 5.32 Å². The fourth-order valence-electron chi connectivity index (χ4n) is 1.47. The number of nitrogens with one attached hydrogen (secondary N) is 1. The Morgan fingerprint density at radius 1 is 1.47 bits per heavy atom. The van der Waals surface area contributed by atoms with Crippen molar-refractivity contribution in [2.45, 2.75) is 19.4 Å². The van der Waals surface area contributed by atoms with Crippen molar-refractivity contribution in [3.05, 3.63) is 33.4 Å². The van der Waals surface area contributed by atoms with Crippen LogP contribution in [0.2, 0.25) is 0 Å². The van der Waals surface area contributed by atoms with Gasteiger partial charge in [-0.15, -0.1) is 0 Å². The molecule has 1 amide bonds. The number of hydrogen-bond acceptors (Lipinski definition) is 2. The Morgan fingerprint density at radius 2 is 2.00 bits per heavy atom. The van der Waals surface area contributed by atoms with Crippen LogP contribution in [0.3, 0.4) is 0 Å². The summed E-state index contributed by atoms with van der Waals surface area (Å²) in [4.78, 5) is 11.5. The first-order valence-electron chi connectivity index (χ1n) is 4.81. The van der Waals surface area contributed by atoms with E-state index in [2.05, 4.69) is 27.9 Å². The van der Waals surface area contributed by atoms with Gasteiger partial charge in [-0.3, -0.25) is 4.79 Å². The number of primary amides is 1. The maximum absolute atomic E-state index is 11.5. The van der Waals surface area contributed by atoms with Crippen LogP contribution in [-0.2, 0) is 10.3 Å².